The van der Waals surface area contributed by atoms with Gasteiger partial charge >= 0.3 is 6.18 Å². The van der Waals surface area contributed by atoms with E-state index in [-0.39, 0.29) is 49.2 Å². The lowest BCUT2D eigenvalue weighted by Gasteiger charge is -2.34. The number of fused-ring (bicyclic) bond motifs is 6. The molecule has 11 nitrogen and oxygen atoms in total. The number of ether oxygens (including phenoxy) is 1. The quantitative estimate of drug-likeness (QED) is 0.217. The first-order valence-corrected chi connectivity index (χ1v) is 16.8. The maximum absolute atomic E-state index is 13.7. The van der Waals surface area contributed by atoms with Crippen LogP contribution in [0.15, 0.2) is 66.3 Å². The Balaban J connectivity index is 1.16. The van der Waals surface area contributed by atoms with Crippen molar-refractivity contribution in [1.82, 2.24) is 34.4 Å². The molecule has 2 N–H and O–H groups in total. The lowest BCUT2D eigenvalue weighted by Crippen LogP contribution is -2.40. The highest BCUT2D eigenvalue weighted by Crippen LogP contribution is 2.59. The van der Waals surface area contributed by atoms with Crippen molar-refractivity contribution < 1.29 is 22.7 Å². The Morgan fingerprint density at radius 2 is 1.88 bits per heavy atom. The van der Waals surface area contributed by atoms with Gasteiger partial charge in [-0.3, -0.25) is 9.52 Å². The highest BCUT2D eigenvalue weighted by Gasteiger charge is 2.62. The second-order valence-corrected chi connectivity index (χ2v) is 14.2. The number of pyridine rings is 2. The fourth-order valence-electron chi connectivity index (χ4n) is 6.69. The lowest BCUT2D eigenvalue weighted by atomic mass is 9.91. The zero-order valence-corrected chi connectivity index (χ0v) is 27.4. The first-order valence-electron chi connectivity index (χ1n) is 16.0. The summed E-state index contributed by atoms with van der Waals surface area (Å²) in [6, 6.07) is 10.6. The summed E-state index contributed by atoms with van der Waals surface area (Å²) in [5.41, 5.74) is -0.564. The minimum absolute atomic E-state index is 0.0626. The summed E-state index contributed by atoms with van der Waals surface area (Å²) in [7, 11) is 0. The van der Waals surface area contributed by atoms with E-state index in [1.165, 1.54) is 11.0 Å². The molecule has 2 aliphatic heterocycles. The Bertz CT molecular complexity index is 1780. The molecule has 1 saturated carbocycles. The Kier molecular flexibility index (Phi) is 8.42. The molecule has 1 amide bonds. The largest absolute Gasteiger partial charge is 0.477 e. The highest BCUT2D eigenvalue weighted by atomic mass is 32.2. The van der Waals surface area contributed by atoms with Crippen LogP contribution in [0.5, 0.6) is 5.88 Å². The number of hydrogen-bond acceptors (Lipinski definition) is 10. The minimum Gasteiger partial charge on any atom is -0.477 e. The number of carbonyl (C=O) groups is 1. The third-order valence-corrected chi connectivity index (χ3v) is 10.3. The second-order valence-electron chi connectivity index (χ2n) is 13.3. The van der Waals surface area contributed by atoms with E-state index in [4.69, 9.17) is 14.7 Å². The van der Waals surface area contributed by atoms with Gasteiger partial charge in [0.05, 0.1) is 23.6 Å². The highest BCUT2D eigenvalue weighted by molar-refractivity contribution is 7.97. The van der Waals surface area contributed by atoms with E-state index in [0.29, 0.717) is 40.5 Å². The van der Waals surface area contributed by atoms with Crippen LogP contribution in [0.4, 0.5) is 24.8 Å². The molecule has 0 aromatic carbocycles. The molecule has 252 valence electrons. The van der Waals surface area contributed by atoms with Crippen LogP contribution in [-0.4, -0.2) is 60.5 Å². The van der Waals surface area contributed by atoms with Gasteiger partial charge in [0.2, 0.25) is 5.88 Å². The number of carbonyl (C=O) groups excluding carboxylic acids is 1. The van der Waals surface area contributed by atoms with Crippen molar-refractivity contribution >= 4 is 29.5 Å². The number of amides is 1. The van der Waals surface area contributed by atoms with Crippen molar-refractivity contribution in [3.8, 4) is 11.7 Å². The standard InChI is InChI=1S/C33H36F3N9O2S/c1-31(2)16-21-6-8-24(22-17-37-20-38-18-22)39-25-4-3-5-28(40-25)48-43-30(46)23-7-9-26(41-29(23)44(31)19-21)45-14-10-27(42-45)47-15-13-32(11-12-32)33(34,35)36/h3-5,7,9-10,14,17-18,20-21,24H,6,8,11-13,15-16,19H2,1-2H3,(H,39,40)(H,43,46)/t21-,24?/m0/s1. The van der Waals surface area contributed by atoms with Crippen molar-refractivity contribution in [2.24, 2.45) is 11.3 Å². The molecule has 3 aliphatic rings. The zero-order chi connectivity index (χ0) is 33.5. The van der Waals surface area contributed by atoms with Gasteiger partial charge in [0, 0.05) is 54.3 Å². The van der Waals surface area contributed by atoms with Gasteiger partial charge in [-0.25, -0.2) is 24.6 Å². The van der Waals surface area contributed by atoms with Crippen LogP contribution in [0.3, 0.4) is 0 Å². The van der Waals surface area contributed by atoms with E-state index < -0.39 is 11.6 Å². The van der Waals surface area contributed by atoms with E-state index in [2.05, 4.69) is 43.9 Å². The fraction of sp³-hybridized carbons (Fsp3) is 0.455. The van der Waals surface area contributed by atoms with Gasteiger partial charge in [0.25, 0.3) is 5.91 Å². The van der Waals surface area contributed by atoms with Crippen molar-refractivity contribution in [2.75, 3.05) is 23.4 Å². The maximum Gasteiger partial charge on any atom is 0.394 e. The molecule has 4 aromatic rings. The number of aromatic nitrogens is 6. The topological polar surface area (TPSA) is 123 Å². The molecule has 0 spiro atoms. The van der Waals surface area contributed by atoms with E-state index in [1.807, 2.05) is 30.6 Å². The smallest absolute Gasteiger partial charge is 0.394 e. The van der Waals surface area contributed by atoms with Gasteiger partial charge in [-0.1, -0.05) is 6.07 Å². The summed E-state index contributed by atoms with van der Waals surface area (Å²) in [4.78, 5) is 34.1. The summed E-state index contributed by atoms with van der Waals surface area (Å²) in [5.74, 6) is 1.88. The Morgan fingerprint density at radius 1 is 1.06 bits per heavy atom. The predicted molar refractivity (Wildman–Crippen MR) is 174 cm³/mol. The SMILES string of the molecule is CC1(C)C[C@@H]2CCC(c3cncnc3)Nc3cccc(n3)SNC(=O)c3ccc(-n4ccc(OCCC5(C(F)(F)F)CC5)n4)nc3N1C2. The monoisotopic (exact) mass is 679 g/mol. The van der Waals surface area contributed by atoms with Gasteiger partial charge in [-0.2, -0.15) is 13.2 Å². The number of alkyl halides is 3. The van der Waals surface area contributed by atoms with Crippen LogP contribution in [0, 0.1) is 11.3 Å². The van der Waals surface area contributed by atoms with E-state index >= 15 is 0 Å². The van der Waals surface area contributed by atoms with E-state index in [0.717, 1.165) is 36.8 Å². The Hall–Kier alpha value is -4.40. The molecule has 1 unspecified atom stereocenters. The molecule has 1 saturated heterocycles. The maximum atomic E-state index is 13.7. The number of anilines is 2. The van der Waals surface area contributed by atoms with Crippen molar-refractivity contribution in [3.05, 3.63) is 72.4 Å². The summed E-state index contributed by atoms with van der Waals surface area (Å²) in [6.45, 7) is 4.92. The van der Waals surface area contributed by atoms with Gasteiger partial charge in [-0.15, -0.1) is 5.10 Å². The predicted octanol–water partition coefficient (Wildman–Crippen LogP) is 6.55. The van der Waals surface area contributed by atoms with Crippen LogP contribution in [-0.2, 0) is 0 Å². The van der Waals surface area contributed by atoms with Crippen molar-refractivity contribution in [3.63, 3.8) is 0 Å². The number of hydrogen-bond donors (Lipinski definition) is 2. The van der Waals surface area contributed by atoms with Crippen LogP contribution in [0.1, 0.15) is 74.3 Å². The van der Waals surface area contributed by atoms with Crippen LogP contribution >= 0.6 is 11.9 Å². The summed E-state index contributed by atoms with van der Waals surface area (Å²) < 4.78 is 50.1. The number of rotatable bonds is 6. The molecule has 6 heterocycles. The second kappa shape index (κ2) is 12.6. The molecule has 1 aliphatic carbocycles. The van der Waals surface area contributed by atoms with Gasteiger partial charge < -0.3 is 15.0 Å². The molecule has 2 atom stereocenters. The lowest BCUT2D eigenvalue weighted by molar-refractivity contribution is -0.190. The van der Waals surface area contributed by atoms with Crippen LogP contribution in [0.2, 0.25) is 0 Å². The first-order chi connectivity index (χ1) is 23.0. The summed E-state index contributed by atoms with van der Waals surface area (Å²) in [6.07, 6.45) is 5.36. The van der Waals surface area contributed by atoms with Gasteiger partial charge in [-0.05, 0) is 82.6 Å². The van der Waals surface area contributed by atoms with Crippen molar-refractivity contribution in [1.29, 1.82) is 0 Å². The van der Waals surface area contributed by atoms with Crippen molar-refractivity contribution in [2.45, 2.75) is 75.2 Å². The van der Waals surface area contributed by atoms with Crippen LogP contribution in [0.25, 0.3) is 5.82 Å². The average molecular weight is 680 g/mol. The third-order valence-electron chi connectivity index (χ3n) is 9.55. The molecule has 2 fully saturated rings. The Labute approximate surface area is 280 Å². The number of nitrogens with zero attached hydrogens (tertiary/aromatic N) is 7. The molecule has 4 aromatic heterocycles. The molecule has 7 rings (SSSR count). The molecule has 4 bridgehead atoms. The van der Waals surface area contributed by atoms with Gasteiger partial charge in [0.15, 0.2) is 5.82 Å². The summed E-state index contributed by atoms with van der Waals surface area (Å²) in [5, 5.41) is 8.61. The molecule has 0 radical (unpaired) electrons. The minimum atomic E-state index is -4.23. The normalized spacial score (nSPS) is 21.7. The summed E-state index contributed by atoms with van der Waals surface area (Å²) >= 11 is 1.12. The zero-order valence-electron chi connectivity index (χ0n) is 26.6. The number of halogens is 3. The molecular formula is C33H36F3N9O2S. The van der Waals surface area contributed by atoms with Gasteiger partial charge in [0.1, 0.15) is 23.0 Å². The fourth-order valence-corrected chi connectivity index (χ4v) is 7.29. The van der Waals surface area contributed by atoms with E-state index in [9.17, 15) is 18.0 Å². The third kappa shape index (κ3) is 6.64. The number of nitrogens with one attached hydrogen (secondary N) is 2. The molecule has 48 heavy (non-hydrogen) atoms. The first kappa shape index (κ1) is 32.2. The molecule has 15 heteroatoms. The van der Waals surface area contributed by atoms with Crippen LogP contribution < -0.4 is 19.7 Å². The average Bonchev–Trinajstić information content (AvgIpc) is 3.62. The Morgan fingerprint density at radius 3 is 2.65 bits per heavy atom. The van der Waals surface area contributed by atoms with E-state index in [1.54, 1.807) is 24.4 Å². The molecular weight excluding hydrogens is 643 g/mol.